The molecule has 0 aromatic rings. The number of aliphatic hydroxyl groups is 4. The Morgan fingerprint density at radius 1 is 1.14 bits per heavy atom. The Kier molecular flexibility index (Phi) is 6.66. The lowest BCUT2D eigenvalue weighted by Gasteiger charge is -2.48. The summed E-state index contributed by atoms with van der Waals surface area (Å²) in [7, 11) is 0. The largest absolute Gasteiger partial charge is 0.458 e. The van der Waals surface area contributed by atoms with Crippen molar-refractivity contribution >= 4 is 11.8 Å². The van der Waals surface area contributed by atoms with E-state index in [2.05, 4.69) is 6.92 Å². The number of ether oxygens (including phenoxy) is 1. The highest BCUT2D eigenvalue weighted by Crippen LogP contribution is 2.75. The van der Waals surface area contributed by atoms with Crippen LogP contribution in [0.4, 0.5) is 0 Å². The van der Waals surface area contributed by atoms with Gasteiger partial charge in [0.2, 0.25) is 0 Å². The maximum Gasteiger partial charge on any atom is 0.306 e. The molecule has 4 aliphatic rings. The molecule has 7 nitrogen and oxygen atoms in total. The number of rotatable bonds is 8. The average molecular weight is 491 g/mol. The minimum absolute atomic E-state index is 0.114. The van der Waals surface area contributed by atoms with Gasteiger partial charge < -0.3 is 25.2 Å². The molecule has 2 bridgehead atoms. The molecule has 2 saturated carbocycles. The third kappa shape index (κ3) is 3.38. The number of carbonyl (C=O) groups excluding carboxylic acids is 2. The van der Waals surface area contributed by atoms with E-state index in [4.69, 9.17) is 4.74 Å². The Labute approximate surface area is 208 Å². The van der Waals surface area contributed by atoms with E-state index in [1.807, 2.05) is 20.8 Å². The summed E-state index contributed by atoms with van der Waals surface area (Å²) in [5.41, 5.74) is -4.63. The number of esters is 1. The SMILES string of the molecule is CCCCCCCC(=O)O[C@@]12C[C@@H](C)[C@]34C=C(C)[C@H](O)[C@@]3(O)[C@H](O)C(CO)=C[C@H](C4=O)[C@@H]1C2(C)C. The minimum atomic E-state index is -2.21. The summed E-state index contributed by atoms with van der Waals surface area (Å²) in [5.74, 6) is -2.22. The van der Waals surface area contributed by atoms with Crippen molar-refractivity contribution in [2.24, 2.45) is 28.6 Å². The van der Waals surface area contributed by atoms with Crippen LogP contribution in [0.5, 0.6) is 0 Å². The minimum Gasteiger partial charge on any atom is -0.458 e. The first-order chi connectivity index (χ1) is 16.4. The second-order valence-corrected chi connectivity index (χ2v) is 12.0. The fraction of sp³-hybridized carbons (Fsp3) is 0.786. The predicted octanol–water partition coefficient (Wildman–Crippen LogP) is 2.84. The van der Waals surface area contributed by atoms with Gasteiger partial charge in [-0.1, -0.05) is 65.5 Å². The van der Waals surface area contributed by atoms with E-state index >= 15 is 0 Å². The smallest absolute Gasteiger partial charge is 0.306 e. The molecule has 1 spiro atoms. The lowest BCUT2D eigenvalue weighted by Crippen LogP contribution is -2.65. The van der Waals surface area contributed by atoms with Crippen LogP contribution in [0.15, 0.2) is 23.3 Å². The zero-order chi connectivity index (χ0) is 26.0. The number of allylic oxidation sites excluding steroid dienone is 1. The molecule has 4 rings (SSSR count). The van der Waals surface area contributed by atoms with E-state index in [1.165, 1.54) is 0 Å². The van der Waals surface area contributed by atoms with Gasteiger partial charge in [-0.15, -0.1) is 0 Å². The van der Waals surface area contributed by atoms with E-state index in [0.29, 0.717) is 18.4 Å². The van der Waals surface area contributed by atoms with E-state index in [0.717, 1.165) is 32.1 Å². The van der Waals surface area contributed by atoms with E-state index < -0.39 is 52.7 Å². The number of Topliss-reactive ketones (excluding diaryl/α,β-unsaturated/α-hetero) is 1. The molecule has 35 heavy (non-hydrogen) atoms. The van der Waals surface area contributed by atoms with Crippen molar-refractivity contribution in [3.05, 3.63) is 23.3 Å². The molecule has 0 unspecified atom stereocenters. The molecule has 0 saturated heterocycles. The Hall–Kier alpha value is -1.54. The lowest BCUT2D eigenvalue weighted by molar-refractivity contribution is -0.191. The summed E-state index contributed by atoms with van der Waals surface area (Å²) < 4.78 is 6.24. The molecule has 7 heteroatoms. The zero-order valence-electron chi connectivity index (χ0n) is 21.7. The number of hydrogen-bond donors (Lipinski definition) is 4. The Bertz CT molecular complexity index is 951. The van der Waals surface area contributed by atoms with Gasteiger partial charge in [0.15, 0.2) is 5.78 Å². The molecular formula is C28H42O7. The van der Waals surface area contributed by atoms with Crippen LogP contribution in [0.2, 0.25) is 0 Å². The quantitative estimate of drug-likeness (QED) is 0.234. The van der Waals surface area contributed by atoms with Gasteiger partial charge in [-0.3, -0.25) is 9.59 Å². The summed E-state index contributed by atoms with van der Waals surface area (Å²) in [6.07, 6.45) is 5.87. The molecule has 0 radical (unpaired) electrons. The standard InChI is InChI=1S/C28H42O7/c1-6-7-8-9-10-11-20(30)35-27-14-17(3)26-13-16(2)22(31)28(26,34)23(32)18(15-29)12-19(24(26)33)21(27)25(27,4)5/h12-13,17,19,21-23,29,31-32,34H,6-11,14-15H2,1-5H3/t17-,19+,21-,22+,23-,26+,27+,28-/m1/s1. The van der Waals surface area contributed by atoms with Gasteiger partial charge in [-0.2, -0.15) is 0 Å². The number of unbranched alkanes of at least 4 members (excludes halogenated alkanes) is 4. The zero-order valence-corrected chi connectivity index (χ0v) is 21.7. The summed E-state index contributed by atoms with van der Waals surface area (Å²) in [5, 5.41) is 44.2. The molecule has 0 amide bonds. The fourth-order valence-corrected chi connectivity index (χ4v) is 7.86. The van der Waals surface area contributed by atoms with Crippen LogP contribution in [-0.2, 0) is 14.3 Å². The van der Waals surface area contributed by atoms with Crippen LogP contribution in [-0.4, -0.2) is 62.2 Å². The molecule has 8 atom stereocenters. The van der Waals surface area contributed by atoms with E-state index in [1.54, 1.807) is 19.1 Å². The predicted molar refractivity (Wildman–Crippen MR) is 130 cm³/mol. The number of carbonyl (C=O) groups is 2. The molecule has 0 heterocycles. The van der Waals surface area contributed by atoms with Crippen molar-refractivity contribution in [1.82, 2.24) is 0 Å². The highest BCUT2D eigenvalue weighted by Gasteiger charge is 2.83. The molecule has 196 valence electrons. The summed E-state index contributed by atoms with van der Waals surface area (Å²) in [4.78, 5) is 27.3. The molecule has 0 aromatic carbocycles. The Morgan fingerprint density at radius 3 is 2.43 bits per heavy atom. The van der Waals surface area contributed by atoms with E-state index in [-0.39, 0.29) is 23.2 Å². The third-order valence-electron chi connectivity index (χ3n) is 9.83. The monoisotopic (exact) mass is 490 g/mol. The number of ketones is 1. The van der Waals surface area contributed by atoms with E-state index in [9.17, 15) is 30.0 Å². The van der Waals surface area contributed by atoms with Gasteiger partial charge in [0, 0.05) is 23.7 Å². The molecule has 0 aromatic heterocycles. The van der Waals surface area contributed by atoms with Crippen molar-refractivity contribution in [3.8, 4) is 0 Å². The van der Waals surface area contributed by atoms with Gasteiger partial charge in [0.25, 0.3) is 0 Å². The highest BCUT2D eigenvalue weighted by molar-refractivity contribution is 5.95. The fourth-order valence-electron chi connectivity index (χ4n) is 7.86. The molecule has 4 aliphatic carbocycles. The van der Waals surface area contributed by atoms with Crippen LogP contribution in [0.1, 0.15) is 79.6 Å². The first kappa shape index (κ1) is 26.5. The van der Waals surface area contributed by atoms with Gasteiger partial charge in [-0.25, -0.2) is 0 Å². The summed E-state index contributed by atoms with van der Waals surface area (Å²) in [6.45, 7) is 9.05. The second-order valence-electron chi connectivity index (χ2n) is 12.0. The molecular weight excluding hydrogens is 448 g/mol. The van der Waals surface area contributed by atoms with Gasteiger partial charge >= 0.3 is 5.97 Å². The molecule has 2 fully saturated rings. The third-order valence-corrected chi connectivity index (χ3v) is 9.83. The average Bonchev–Trinajstić information content (AvgIpc) is 3.21. The first-order valence-corrected chi connectivity index (χ1v) is 13.2. The summed E-state index contributed by atoms with van der Waals surface area (Å²) in [6, 6.07) is 0. The molecule has 0 aliphatic heterocycles. The van der Waals surface area contributed by atoms with Crippen molar-refractivity contribution in [3.63, 3.8) is 0 Å². The maximum atomic E-state index is 14.3. The molecule has 4 N–H and O–H groups in total. The van der Waals surface area contributed by atoms with Crippen LogP contribution in [0.25, 0.3) is 0 Å². The van der Waals surface area contributed by atoms with Crippen molar-refractivity contribution in [2.45, 2.75) is 103 Å². The number of aliphatic hydroxyl groups excluding tert-OH is 3. The van der Waals surface area contributed by atoms with Gasteiger partial charge in [0.05, 0.1) is 12.0 Å². The second kappa shape index (κ2) is 8.79. The van der Waals surface area contributed by atoms with Crippen LogP contribution in [0, 0.1) is 28.6 Å². The first-order valence-electron chi connectivity index (χ1n) is 13.2. The van der Waals surface area contributed by atoms with Gasteiger partial charge in [-0.05, 0) is 36.8 Å². The highest BCUT2D eigenvalue weighted by atomic mass is 16.6. The maximum absolute atomic E-state index is 14.3. The Morgan fingerprint density at radius 2 is 1.80 bits per heavy atom. The topological polar surface area (TPSA) is 124 Å². The summed E-state index contributed by atoms with van der Waals surface area (Å²) >= 11 is 0. The Balaban J connectivity index is 1.74. The number of fused-ring (bicyclic) bond motifs is 3. The van der Waals surface area contributed by atoms with Crippen LogP contribution < -0.4 is 0 Å². The van der Waals surface area contributed by atoms with Crippen molar-refractivity contribution in [2.75, 3.05) is 6.61 Å². The number of hydrogen-bond acceptors (Lipinski definition) is 7. The van der Waals surface area contributed by atoms with Crippen molar-refractivity contribution < 1.29 is 34.8 Å². The normalized spacial score (nSPS) is 43.3. The van der Waals surface area contributed by atoms with Gasteiger partial charge in [0.1, 0.15) is 23.4 Å². The van der Waals surface area contributed by atoms with Crippen LogP contribution in [0.3, 0.4) is 0 Å². The lowest BCUT2D eigenvalue weighted by atomic mass is 9.59. The van der Waals surface area contributed by atoms with Crippen molar-refractivity contribution in [1.29, 1.82) is 0 Å². The van der Waals surface area contributed by atoms with Crippen LogP contribution >= 0.6 is 0 Å².